The first-order chi connectivity index (χ1) is 16.9. The lowest BCUT2D eigenvalue weighted by molar-refractivity contribution is -0.131. The smallest absolute Gasteiger partial charge is 0.244 e. The number of alkyl halides is 2. The lowest BCUT2D eigenvalue weighted by Gasteiger charge is -2.34. The third kappa shape index (κ3) is 4.13. The maximum Gasteiger partial charge on any atom is 0.244 e. The summed E-state index contributed by atoms with van der Waals surface area (Å²) in [4.78, 5) is 21.5. The number of rotatable bonds is 6. The monoisotopic (exact) mass is 487 g/mol. The standard InChI is InChI=1S/C23H24F3N7O2/c1-13(34)31-6-4-18(17(26)11-31)28-23-29-22(35-2)21-15(3-7-33(21)30-23)14-9-16(25)20-19(10-14)32(8-5-24)12-27-20/h3,7,9-10,12,17-18H,4-6,8,11H2,1-2H3,(H,28,30)/t17-,18+/m1/s1. The first-order valence-corrected chi connectivity index (χ1v) is 11.2. The molecule has 3 aromatic heterocycles. The number of piperidine rings is 1. The number of carbonyl (C=O) groups is 1. The summed E-state index contributed by atoms with van der Waals surface area (Å²) in [6.45, 7) is 1.33. The number of aromatic nitrogens is 5. The number of imidazole rings is 1. The van der Waals surface area contributed by atoms with Gasteiger partial charge in [0.25, 0.3) is 0 Å². The van der Waals surface area contributed by atoms with E-state index in [0.717, 1.165) is 0 Å². The van der Waals surface area contributed by atoms with Crippen molar-refractivity contribution in [3.8, 4) is 17.0 Å². The number of nitrogens with one attached hydrogen (secondary N) is 1. The lowest BCUT2D eigenvalue weighted by Crippen LogP contribution is -2.49. The van der Waals surface area contributed by atoms with Gasteiger partial charge in [0.15, 0.2) is 5.82 Å². The molecule has 5 rings (SSSR count). The van der Waals surface area contributed by atoms with Crippen molar-refractivity contribution in [2.24, 2.45) is 0 Å². The number of methoxy groups -OCH3 is 1. The van der Waals surface area contributed by atoms with Crippen LogP contribution in [0, 0.1) is 5.82 Å². The molecule has 12 heteroatoms. The van der Waals surface area contributed by atoms with Gasteiger partial charge in [0.2, 0.25) is 17.7 Å². The topological polar surface area (TPSA) is 89.6 Å². The molecule has 1 aliphatic heterocycles. The van der Waals surface area contributed by atoms with Crippen LogP contribution >= 0.6 is 0 Å². The number of nitrogens with zero attached hydrogens (tertiary/aromatic N) is 6. The summed E-state index contributed by atoms with van der Waals surface area (Å²) in [5.41, 5.74) is 2.27. The van der Waals surface area contributed by atoms with Crippen LogP contribution in [0.5, 0.6) is 5.88 Å². The van der Waals surface area contributed by atoms with Crippen LogP contribution in [0.1, 0.15) is 13.3 Å². The molecule has 0 unspecified atom stereocenters. The SMILES string of the molecule is COc1nc(N[C@H]2CCN(C(C)=O)C[C@H]2F)nn2ccc(-c3cc(F)c4ncn(CCF)c4c3)c12. The molecule has 1 fully saturated rings. The highest BCUT2D eigenvalue weighted by Crippen LogP contribution is 2.34. The molecule has 1 amide bonds. The fourth-order valence-corrected chi connectivity index (χ4v) is 4.49. The van der Waals surface area contributed by atoms with Crippen molar-refractivity contribution in [2.45, 2.75) is 32.1 Å². The molecule has 1 aliphatic rings. The van der Waals surface area contributed by atoms with Crippen LogP contribution in [0.3, 0.4) is 0 Å². The van der Waals surface area contributed by atoms with Crippen LogP contribution in [0.4, 0.5) is 19.1 Å². The van der Waals surface area contributed by atoms with E-state index in [9.17, 15) is 18.0 Å². The number of amides is 1. The van der Waals surface area contributed by atoms with E-state index in [1.165, 1.54) is 35.8 Å². The zero-order valence-electron chi connectivity index (χ0n) is 19.2. The zero-order valence-corrected chi connectivity index (χ0v) is 19.2. The van der Waals surface area contributed by atoms with Gasteiger partial charge in [-0.2, -0.15) is 4.98 Å². The summed E-state index contributed by atoms with van der Waals surface area (Å²) < 4.78 is 51.0. The molecule has 0 radical (unpaired) electrons. The number of benzene rings is 1. The molecular weight excluding hydrogens is 463 g/mol. The van der Waals surface area contributed by atoms with Crippen LogP contribution in [0.2, 0.25) is 0 Å². The average molecular weight is 487 g/mol. The molecule has 0 saturated carbocycles. The quantitative estimate of drug-likeness (QED) is 0.449. The normalized spacial score (nSPS) is 18.4. The first-order valence-electron chi connectivity index (χ1n) is 11.2. The van der Waals surface area contributed by atoms with Gasteiger partial charge < -0.3 is 19.5 Å². The number of aryl methyl sites for hydroxylation is 1. The van der Waals surface area contributed by atoms with Crippen molar-refractivity contribution >= 4 is 28.4 Å². The van der Waals surface area contributed by atoms with Crippen molar-refractivity contribution in [3.63, 3.8) is 0 Å². The minimum Gasteiger partial charge on any atom is -0.479 e. The van der Waals surface area contributed by atoms with Crippen LogP contribution in [-0.2, 0) is 11.3 Å². The van der Waals surface area contributed by atoms with Gasteiger partial charge in [0, 0.05) is 25.2 Å². The molecule has 4 heterocycles. The summed E-state index contributed by atoms with van der Waals surface area (Å²) >= 11 is 0. The molecule has 1 aromatic carbocycles. The Kier molecular flexibility index (Phi) is 5.95. The molecule has 184 valence electrons. The van der Waals surface area contributed by atoms with Crippen LogP contribution in [-0.4, -0.2) is 74.0 Å². The molecule has 0 bridgehead atoms. The third-order valence-corrected chi connectivity index (χ3v) is 6.29. The largest absolute Gasteiger partial charge is 0.479 e. The van der Waals surface area contributed by atoms with Crippen molar-refractivity contribution in [1.29, 1.82) is 0 Å². The first kappa shape index (κ1) is 22.9. The number of hydrogen-bond donors (Lipinski definition) is 1. The van der Waals surface area contributed by atoms with Crippen LogP contribution in [0.25, 0.3) is 27.7 Å². The van der Waals surface area contributed by atoms with Crippen molar-refractivity contribution in [3.05, 3.63) is 36.5 Å². The van der Waals surface area contributed by atoms with Gasteiger partial charge >= 0.3 is 0 Å². The average Bonchev–Trinajstić information content (AvgIpc) is 3.45. The Hall–Kier alpha value is -3.83. The maximum absolute atomic E-state index is 14.8. The summed E-state index contributed by atoms with van der Waals surface area (Å²) in [6, 6.07) is 4.27. The van der Waals surface area contributed by atoms with E-state index in [1.54, 1.807) is 22.9 Å². The van der Waals surface area contributed by atoms with Gasteiger partial charge in [0.1, 0.15) is 23.9 Å². The molecule has 0 spiro atoms. The predicted molar refractivity (Wildman–Crippen MR) is 123 cm³/mol. The highest BCUT2D eigenvalue weighted by Gasteiger charge is 2.31. The number of anilines is 1. The number of likely N-dealkylation sites (tertiary alicyclic amines) is 1. The van der Waals surface area contributed by atoms with Crippen molar-refractivity contribution in [2.75, 3.05) is 32.2 Å². The molecule has 35 heavy (non-hydrogen) atoms. The summed E-state index contributed by atoms with van der Waals surface area (Å²) in [5.74, 6) is -0.300. The molecule has 9 nitrogen and oxygen atoms in total. The Morgan fingerprint density at radius 3 is 2.89 bits per heavy atom. The fraction of sp³-hybridized carbons (Fsp3) is 0.391. The van der Waals surface area contributed by atoms with E-state index in [-0.39, 0.29) is 36.3 Å². The van der Waals surface area contributed by atoms with E-state index in [2.05, 4.69) is 20.4 Å². The molecule has 1 N–H and O–H groups in total. The molecule has 1 saturated heterocycles. The zero-order chi connectivity index (χ0) is 24.7. The van der Waals surface area contributed by atoms with Crippen LogP contribution in [0.15, 0.2) is 30.7 Å². The number of ether oxygens (including phenoxy) is 1. The van der Waals surface area contributed by atoms with Gasteiger partial charge in [-0.1, -0.05) is 0 Å². The summed E-state index contributed by atoms with van der Waals surface area (Å²) in [7, 11) is 1.45. The minimum atomic E-state index is -1.28. The second kappa shape index (κ2) is 9.08. The van der Waals surface area contributed by atoms with E-state index >= 15 is 0 Å². The molecule has 4 aromatic rings. The van der Waals surface area contributed by atoms with Gasteiger partial charge in [-0.05, 0) is 30.2 Å². The van der Waals surface area contributed by atoms with Gasteiger partial charge in [-0.3, -0.25) is 4.79 Å². The Balaban J connectivity index is 1.50. The summed E-state index contributed by atoms with van der Waals surface area (Å²) in [5, 5.41) is 7.45. The van der Waals surface area contributed by atoms with Crippen molar-refractivity contribution < 1.29 is 22.7 Å². The molecule has 2 atom stereocenters. The van der Waals surface area contributed by atoms with E-state index < -0.39 is 24.7 Å². The van der Waals surface area contributed by atoms with Gasteiger partial charge in [-0.25, -0.2) is 22.7 Å². The van der Waals surface area contributed by atoms with Gasteiger partial charge in [-0.15, -0.1) is 5.10 Å². The highest BCUT2D eigenvalue weighted by atomic mass is 19.1. The Bertz CT molecular complexity index is 1400. The van der Waals surface area contributed by atoms with Crippen LogP contribution < -0.4 is 10.1 Å². The van der Waals surface area contributed by atoms with Gasteiger partial charge in [0.05, 0.1) is 38.1 Å². The second-order valence-electron chi connectivity index (χ2n) is 8.44. The fourth-order valence-electron chi connectivity index (χ4n) is 4.49. The Morgan fingerprint density at radius 2 is 2.17 bits per heavy atom. The number of carbonyl (C=O) groups excluding carboxylic acids is 1. The highest BCUT2D eigenvalue weighted by molar-refractivity contribution is 5.90. The van der Waals surface area contributed by atoms with E-state index in [4.69, 9.17) is 4.74 Å². The molecule has 0 aliphatic carbocycles. The number of halogens is 3. The summed E-state index contributed by atoms with van der Waals surface area (Å²) in [6.07, 6.45) is 2.22. The number of hydrogen-bond acceptors (Lipinski definition) is 6. The number of fused-ring (bicyclic) bond motifs is 2. The maximum atomic E-state index is 14.8. The Labute approximate surface area is 198 Å². The van der Waals surface area contributed by atoms with E-state index in [0.29, 0.717) is 35.1 Å². The lowest BCUT2D eigenvalue weighted by atomic mass is 10.0. The minimum absolute atomic E-state index is 0.00702. The second-order valence-corrected chi connectivity index (χ2v) is 8.44. The third-order valence-electron chi connectivity index (χ3n) is 6.29. The Morgan fingerprint density at radius 1 is 1.34 bits per heavy atom. The predicted octanol–water partition coefficient (Wildman–Crippen LogP) is 3.23. The van der Waals surface area contributed by atoms with E-state index in [1.807, 2.05) is 0 Å². The van der Waals surface area contributed by atoms with Crippen molar-refractivity contribution in [1.82, 2.24) is 29.0 Å². The molecular formula is C23H24F3N7O2.